The molecule has 1 spiro atoms. The number of aromatic hydroxyl groups is 1. The highest BCUT2D eigenvalue weighted by Crippen LogP contribution is 2.59. The number of carbonyl (C=O) groups excluding carboxylic acids is 1. The van der Waals surface area contributed by atoms with Crippen LogP contribution >= 0.6 is 0 Å². The van der Waals surface area contributed by atoms with Crippen molar-refractivity contribution in [3.05, 3.63) is 46.5 Å². The molecule has 152 valence electrons. The molecule has 2 aromatic rings. The maximum absolute atomic E-state index is 12.1. The Morgan fingerprint density at radius 3 is 2.86 bits per heavy atom. The van der Waals surface area contributed by atoms with Gasteiger partial charge in [-0.3, -0.25) is 9.69 Å². The van der Waals surface area contributed by atoms with E-state index in [0.29, 0.717) is 23.7 Å². The van der Waals surface area contributed by atoms with Gasteiger partial charge in [0.2, 0.25) is 6.79 Å². The van der Waals surface area contributed by atoms with Gasteiger partial charge in [0.25, 0.3) is 0 Å². The fourth-order valence-corrected chi connectivity index (χ4v) is 5.07. The topological polar surface area (TPSA) is 77.5 Å². The average molecular weight is 397 g/mol. The van der Waals surface area contributed by atoms with Crippen molar-refractivity contribution in [2.24, 2.45) is 0 Å². The molecule has 2 aromatic carbocycles. The van der Waals surface area contributed by atoms with Crippen LogP contribution < -0.4 is 14.2 Å². The summed E-state index contributed by atoms with van der Waals surface area (Å²) in [5.74, 6) is 1.46. The van der Waals surface area contributed by atoms with Crippen LogP contribution in [0.4, 0.5) is 0 Å². The summed E-state index contributed by atoms with van der Waals surface area (Å²) in [6.45, 7) is 2.35. The molecule has 0 fully saturated rings. The first-order chi connectivity index (χ1) is 14.0. The highest BCUT2D eigenvalue weighted by molar-refractivity contribution is 5.69. The van der Waals surface area contributed by atoms with Crippen molar-refractivity contribution in [1.82, 2.24) is 4.90 Å². The van der Waals surface area contributed by atoms with Crippen LogP contribution in [0.3, 0.4) is 0 Å². The lowest BCUT2D eigenvalue weighted by molar-refractivity contribution is -0.156. The SMILES string of the molecule is COc1cc2c(cc1O)C1(Cc3ccc4c(c3C1OC(C)=O)OCO4)N(C)CC2. The highest BCUT2D eigenvalue weighted by Gasteiger charge is 2.56. The first-order valence-corrected chi connectivity index (χ1v) is 9.66. The van der Waals surface area contributed by atoms with Gasteiger partial charge in [-0.15, -0.1) is 0 Å². The Kier molecular flexibility index (Phi) is 3.93. The Hall–Kier alpha value is -2.93. The van der Waals surface area contributed by atoms with Gasteiger partial charge in [-0.25, -0.2) is 0 Å². The Morgan fingerprint density at radius 2 is 2.10 bits per heavy atom. The summed E-state index contributed by atoms with van der Waals surface area (Å²) < 4.78 is 22.6. The number of likely N-dealkylation sites (N-methyl/N-ethyl adjacent to an activating group) is 1. The van der Waals surface area contributed by atoms with Gasteiger partial charge in [-0.2, -0.15) is 0 Å². The zero-order valence-corrected chi connectivity index (χ0v) is 16.7. The number of methoxy groups -OCH3 is 1. The lowest BCUT2D eigenvalue weighted by Gasteiger charge is -2.47. The van der Waals surface area contributed by atoms with Crippen molar-refractivity contribution in [3.63, 3.8) is 0 Å². The first-order valence-electron chi connectivity index (χ1n) is 9.66. The maximum Gasteiger partial charge on any atom is 0.303 e. The Labute approximate surface area is 168 Å². The second kappa shape index (κ2) is 6.29. The third-order valence-electron chi connectivity index (χ3n) is 6.38. The molecule has 0 aromatic heterocycles. The highest BCUT2D eigenvalue weighted by atomic mass is 16.7. The van der Waals surface area contributed by atoms with Crippen molar-refractivity contribution >= 4 is 5.97 Å². The van der Waals surface area contributed by atoms with Crippen LogP contribution in [-0.2, 0) is 27.9 Å². The molecule has 3 aliphatic rings. The number of rotatable bonds is 2. The standard InChI is InChI=1S/C22H23NO6/c1-12(24)29-21-19-14(4-5-17-20(19)28-11-27-17)10-22(21)15-9-16(25)18(26-3)8-13(15)6-7-23(22)2/h4-5,8-9,21,25H,6-7,10-11H2,1-3H3. The third kappa shape index (κ3) is 2.43. The van der Waals surface area contributed by atoms with Gasteiger partial charge in [-0.05, 0) is 54.8 Å². The number of benzene rings is 2. The number of fused-ring (bicyclic) bond motifs is 5. The molecular formula is C22H23NO6. The number of nitrogens with zero attached hydrogens (tertiary/aromatic N) is 1. The van der Waals surface area contributed by atoms with E-state index >= 15 is 0 Å². The number of carbonyl (C=O) groups is 1. The summed E-state index contributed by atoms with van der Waals surface area (Å²) in [6.07, 6.45) is 0.862. The molecule has 0 radical (unpaired) electrons. The molecule has 5 rings (SSSR count). The first kappa shape index (κ1) is 18.1. The molecule has 1 aliphatic carbocycles. The molecule has 0 saturated carbocycles. The Morgan fingerprint density at radius 1 is 1.28 bits per heavy atom. The molecule has 1 N–H and O–H groups in total. The minimum Gasteiger partial charge on any atom is -0.504 e. The van der Waals surface area contributed by atoms with Crippen LogP contribution in [0, 0.1) is 0 Å². The smallest absolute Gasteiger partial charge is 0.303 e. The van der Waals surface area contributed by atoms with Crippen LogP contribution in [0.5, 0.6) is 23.0 Å². The average Bonchev–Trinajstić information content (AvgIpc) is 3.28. The molecule has 7 heteroatoms. The van der Waals surface area contributed by atoms with Crippen LogP contribution in [0.2, 0.25) is 0 Å². The Bertz CT molecular complexity index is 1020. The van der Waals surface area contributed by atoms with Crippen molar-refractivity contribution in [1.29, 1.82) is 0 Å². The largest absolute Gasteiger partial charge is 0.504 e. The summed E-state index contributed by atoms with van der Waals surface area (Å²) >= 11 is 0. The van der Waals surface area contributed by atoms with E-state index in [0.717, 1.165) is 35.2 Å². The van der Waals surface area contributed by atoms with Crippen LogP contribution in [-0.4, -0.2) is 43.5 Å². The normalized spacial score (nSPS) is 24.3. The van der Waals surface area contributed by atoms with E-state index in [1.165, 1.54) is 6.92 Å². The van der Waals surface area contributed by atoms with E-state index in [1.807, 2.05) is 25.2 Å². The van der Waals surface area contributed by atoms with E-state index in [1.54, 1.807) is 13.2 Å². The molecule has 2 unspecified atom stereocenters. The van der Waals surface area contributed by atoms with E-state index < -0.39 is 11.6 Å². The van der Waals surface area contributed by atoms with E-state index in [-0.39, 0.29) is 18.5 Å². The quantitative estimate of drug-likeness (QED) is 0.781. The lowest BCUT2D eigenvalue weighted by Crippen LogP contribution is -2.52. The summed E-state index contributed by atoms with van der Waals surface area (Å²) in [5.41, 5.74) is 3.28. The molecule has 2 heterocycles. The number of phenolic OH excluding ortho intramolecular Hbond substituents is 1. The van der Waals surface area contributed by atoms with Gasteiger partial charge in [0.15, 0.2) is 29.1 Å². The van der Waals surface area contributed by atoms with Gasteiger partial charge in [0, 0.05) is 19.0 Å². The van der Waals surface area contributed by atoms with Crippen molar-refractivity contribution in [2.45, 2.75) is 31.4 Å². The molecule has 0 amide bonds. The molecule has 2 aliphatic heterocycles. The van der Waals surface area contributed by atoms with Gasteiger partial charge in [0.1, 0.15) is 0 Å². The Balaban J connectivity index is 1.76. The van der Waals surface area contributed by atoms with Gasteiger partial charge >= 0.3 is 5.97 Å². The fourth-order valence-electron chi connectivity index (χ4n) is 5.07. The molecule has 29 heavy (non-hydrogen) atoms. The maximum atomic E-state index is 12.1. The van der Waals surface area contributed by atoms with Crippen LogP contribution in [0.1, 0.15) is 35.3 Å². The van der Waals surface area contributed by atoms with Crippen LogP contribution in [0.15, 0.2) is 24.3 Å². The second-order valence-corrected chi connectivity index (χ2v) is 7.82. The number of esters is 1. The summed E-state index contributed by atoms with van der Waals surface area (Å²) in [4.78, 5) is 14.4. The predicted octanol–water partition coefficient (Wildman–Crippen LogP) is 2.67. The van der Waals surface area contributed by atoms with Crippen molar-refractivity contribution in [2.75, 3.05) is 27.5 Å². The third-order valence-corrected chi connectivity index (χ3v) is 6.38. The predicted molar refractivity (Wildman–Crippen MR) is 103 cm³/mol. The minimum absolute atomic E-state index is 0.0725. The fraction of sp³-hybridized carbons (Fsp3) is 0.409. The molecular weight excluding hydrogens is 374 g/mol. The molecule has 7 nitrogen and oxygen atoms in total. The number of phenols is 1. The minimum atomic E-state index is -0.646. The molecule has 0 saturated heterocycles. The zero-order valence-electron chi connectivity index (χ0n) is 16.7. The number of hydrogen-bond acceptors (Lipinski definition) is 7. The van der Waals surface area contributed by atoms with Crippen LogP contribution in [0.25, 0.3) is 0 Å². The van der Waals surface area contributed by atoms with Gasteiger partial charge < -0.3 is 24.1 Å². The number of hydrogen-bond donors (Lipinski definition) is 1. The summed E-state index contributed by atoms with van der Waals surface area (Å²) in [6, 6.07) is 7.56. The monoisotopic (exact) mass is 397 g/mol. The van der Waals surface area contributed by atoms with E-state index in [9.17, 15) is 9.90 Å². The summed E-state index contributed by atoms with van der Waals surface area (Å²) in [5, 5.41) is 10.5. The van der Waals surface area contributed by atoms with Gasteiger partial charge in [0.05, 0.1) is 12.6 Å². The van der Waals surface area contributed by atoms with Crippen molar-refractivity contribution < 1.29 is 28.8 Å². The van der Waals surface area contributed by atoms with Gasteiger partial charge in [-0.1, -0.05) is 6.07 Å². The lowest BCUT2D eigenvalue weighted by atomic mass is 9.76. The second-order valence-electron chi connectivity index (χ2n) is 7.82. The van der Waals surface area contributed by atoms with Crippen molar-refractivity contribution in [3.8, 4) is 23.0 Å². The molecule has 0 bridgehead atoms. The molecule has 2 atom stereocenters. The van der Waals surface area contributed by atoms with E-state index in [4.69, 9.17) is 18.9 Å². The van der Waals surface area contributed by atoms with E-state index in [2.05, 4.69) is 4.90 Å². The number of ether oxygens (including phenoxy) is 4. The summed E-state index contributed by atoms with van der Waals surface area (Å²) in [7, 11) is 3.57. The zero-order chi connectivity index (χ0) is 20.3.